The fourth-order valence-corrected chi connectivity index (χ4v) is 4.39. The van der Waals surface area contributed by atoms with Gasteiger partial charge in [-0.25, -0.2) is 9.67 Å². The molecule has 1 aromatic carbocycles. The second-order valence-electron chi connectivity index (χ2n) is 7.29. The monoisotopic (exact) mass is 409 g/mol. The first-order valence-electron chi connectivity index (χ1n) is 9.65. The van der Waals surface area contributed by atoms with Crippen molar-refractivity contribution in [2.75, 3.05) is 13.1 Å². The van der Waals surface area contributed by atoms with Crippen LogP contribution in [0, 0.1) is 6.92 Å². The lowest BCUT2D eigenvalue weighted by molar-refractivity contribution is -0.131. The summed E-state index contributed by atoms with van der Waals surface area (Å²) in [6, 6.07) is 9.61. The third-order valence-corrected chi connectivity index (χ3v) is 6.01. The van der Waals surface area contributed by atoms with Crippen molar-refractivity contribution in [2.24, 2.45) is 5.73 Å². The fraction of sp³-hybridized carbons (Fsp3) is 0.333. The minimum absolute atomic E-state index is 0.0164. The van der Waals surface area contributed by atoms with E-state index in [1.807, 2.05) is 47.5 Å². The summed E-state index contributed by atoms with van der Waals surface area (Å²) < 4.78 is 1.69. The maximum atomic E-state index is 12.8. The molecule has 1 aliphatic heterocycles. The summed E-state index contributed by atoms with van der Waals surface area (Å²) in [5, 5.41) is 7.57. The molecule has 0 aliphatic carbocycles. The summed E-state index contributed by atoms with van der Waals surface area (Å²) in [6.45, 7) is 3.18. The summed E-state index contributed by atoms with van der Waals surface area (Å²) in [5.41, 5.74) is 8.40. The van der Waals surface area contributed by atoms with E-state index in [0.717, 1.165) is 29.2 Å². The van der Waals surface area contributed by atoms with Crippen molar-refractivity contribution in [3.8, 4) is 5.69 Å². The number of likely N-dealkylation sites (tertiary alicyclic amines) is 1. The van der Waals surface area contributed by atoms with Crippen LogP contribution in [0.5, 0.6) is 0 Å². The molecule has 3 aromatic rings. The van der Waals surface area contributed by atoms with Crippen LogP contribution >= 0.6 is 11.3 Å². The number of nitrogens with two attached hydrogens (primary N) is 1. The summed E-state index contributed by atoms with van der Waals surface area (Å²) in [4.78, 5) is 31.1. The normalized spacial score (nSPS) is 16.7. The first-order valence-corrected chi connectivity index (χ1v) is 10.5. The Morgan fingerprint density at radius 3 is 2.76 bits per heavy atom. The zero-order valence-electron chi connectivity index (χ0n) is 16.2. The summed E-state index contributed by atoms with van der Waals surface area (Å²) in [7, 11) is 0. The Hall–Kier alpha value is -3.00. The lowest BCUT2D eigenvalue weighted by atomic mass is 9.92. The maximum absolute atomic E-state index is 12.8. The van der Waals surface area contributed by atoms with E-state index < -0.39 is 5.91 Å². The predicted molar refractivity (Wildman–Crippen MR) is 111 cm³/mol. The van der Waals surface area contributed by atoms with E-state index in [0.29, 0.717) is 30.8 Å². The number of benzene rings is 1. The molecule has 0 unspecified atom stereocenters. The molecule has 29 heavy (non-hydrogen) atoms. The van der Waals surface area contributed by atoms with Crippen LogP contribution in [0.1, 0.15) is 45.5 Å². The van der Waals surface area contributed by atoms with E-state index >= 15 is 0 Å². The number of hydrogen-bond donors (Lipinski definition) is 1. The minimum Gasteiger partial charge on any atom is -0.365 e. The standard InChI is InChI=1S/C21H23N5O2S/c1-14-23-16(13-29-14)10-19(27)25-9-5-6-15(11-25)20-18(21(22)28)12-26(24-20)17-7-3-2-4-8-17/h2-4,7-8,12-13,15H,5-6,9-11H2,1H3,(H2,22,28)/t15-/m0/s1. The highest BCUT2D eigenvalue weighted by Crippen LogP contribution is 2.29. The van der Waals surface area contributed by atoms with E-state index in [9.17, 15) is 9.59 Å². The lowest BCUT2D eigenvalue weighted by Gasteiger charge is -2.32. The van der Waals surface area contributed by atoms with Gasteiger partial charge < -0.3 is 10.6 Å². The molecule has 1 atom stereocenters. The molecule has 2 aromatic heterocycles. The van der Waals surface area contributed by atoms with E-state index in [4.69, 9.17) is 5.73 Å². The highest BCUT2D eigenvalue weighted by Gasteiger charge is 2.30. The van der Waals surface area contributed by atoms with Crippen LogP contribution in [-0.4, -0.2) is 44.6 Å². The lowest BCUT2D eigenvalue weighted by Crippen LogP contribution is -2.40. The molecular weight excluding hydrogens is 386 g/mol. The number of hydrogen-bond acceptors (Lipinski definition) is 5. The van der Waals surface area contributed by atoms with Gasteiger partial charge in [0.05, 0.1) is 34.1 Å². The zero-order chi connectivity index (χ0) is 20.4. The van der Waals surface area contributed by atoms with Gasteiger partial charge in [-0.2, -0.15) is 5.10 Å². The second-order valence-corrected chi connectivity index (χ2v) is 8.35. The van der Waals surface area contributed by atoms with E-state index in [1.165, 1.54) is 0 Å². The SMILES string of the molecule is Cc1nc(CC(=O)N2CCC[C@H](c3nn(-c4ccccc4)cc3C(N)=O)C2)cs1. The van der Waals surface area contributed by atoms with Crippen LogP contribution in [0.3, 0.4) is 0 Å². The predicted octanol–water partition coefficient (Wildman–Crippen LogP) is 2.68. The van der Waals surface area contributed by atoms with Gasteiger partial charge in [-0.05, 0) is 31.9 Å². The summed E-state index contributed by atoms with van der Waals surface area (Å²) >= 11 is 1.55. The molecule has 1 aliphatic rings. The number of aromatic nitrogens is 3. The Morgan fingerprint density at radius 1 is 1.28 bits per heavy atom. The molecule has 0 saturated carbocycles. The molecule has 7 nitrogen and oxygen atoms in total. The van der Waals surface area contributed by atoms with Crippen molar-refractivity contribution in [2.45, 2.75) is 32.1 Å². The molecular formula is C21H23N5O2S. The Balaban J connectivity index is 1.55. The first-order chi connectivity index (χ1) is 14.0. The number of nitrogens with zero attached hydrogens (tertiary/aromatic N) is 4. The van der Waals surface area contributed by atoms with Crippen LogP contribution in [0.4, 0.5) is 0 Å². The molecule has 0 spiro atoms. The number of piperidine rings is 1. The van der Waals surface area contributed by atoms with Crippen molar-refractivity contribution in [3.05, 3.63) is 63.9 Å². The zero-order valence-corrected chi connectivity index (χ0v) is 17.1. The average Bonchev–Trinajstić information content (AvgIpc) is 3.35. The highest BCUT2D eigenvalue weighted by atomic mass is 32.1. The Labute approximate surface area is 173 Å². The van der Waals surface area contributed by atoms with Gasteiger partial charge in [-0.15, -0.1) is 11.3 Å². The number of amides is 2. The average molecular weight is 410 g/mol. The van der Waals surface area contributed by atoms with Gasteiger partial charge in [0, 0.05) is 30.6 Å². The topological polar surface area (TPSA) is 94.1 Å². The van der Waals surface area contributed by atoms with Crippen LogP contribution in [-0.2, 0) is 11.2 Å². The first kappa shape index (κ1) is 19.3. The third kappa shape index (κ3) is 4.22. The number of primary amides is 1. The molecule has 8 heteroatoms. The number of para-hydroxylation sites is 1. The number of rotatable bonds is 5. The second kappa shape index (κ2) is 8.16. The maximum Gasteiger partial charge on any atom is 0.252 e. The molecule has 0 radical (unpaired) electrons. The van der Waals surface area contributed by atoms with Crippen LogP contribution in [0.15, 0.2) is 41.9 Å². The van der Waals surface area contributed by atoms with Crippen LogP contribution < -0.4 is 5.73 Å². The van der Waals surface area contributed by atoms with E-state index in [1.54, 1.807) is 22.2 Å². The van der Waals surface area contributed by atoms with Gasteiger partial charge in [-0.3, -0.25) is 9.59 Å². The van der Waals surface area contributed by atoms with Crippen molar-refractivity contribution >= 4 is 23.2 Å². The summed E-state index contributed by atoms with van der Waals surface area (Å²) in [5.74, 6) is -0.455. The van der Waals surface area contributed by atoms with Crippen molar-refractivity contribution in [1.82, 2.24) is 19.7 Å². The number of thiazole rings is 1. The molecule has 4 rings (SSSR count). The van der Waals surface area contributed by atoms with Gasteiger partial charge in [0.15, 0.2) is 0 Å². The third-order valence-electron chi connectivity index (χ3n) is 5.19. The minimum atomic E-state index is -0.497. The smallest absolute Gasteiger partial charge is 0.252 e. The Morgan fingerprint density at radius 2 is 2.07 bits per heavy atom. The molecule has 1 fully saturated rings. The Kier molecular flexibility index (Phi) is 5.44. The number of carbonyl (C=O) groups excluding carboxylic acids is 2. The summed E-state index contributed by atoms with van der Waals surface area (Å²) in [6.07, 6.45) is 3.72. The van der Waals surface area contributed by atoms with Gasteiger partial charge >= 0.3 is 0 Å². The van der Waals surface area contributed by atoms with Gasteiger partial charge in [0.2, 0.25) is 5.91 Å². The van der Waals surface area contributed by atoms with E-state index in [2.05, 4.69) is 10.1 Å². The van der Waals surface area contributed by atoms with Crippen molar-refractivity contribution < 1.29 is 9.59 Å². The largest absolute Gasteiger partial charge is 0.365 e. The molecule has 0 bridgehead atoms. The highest BCUT2D eigenvalue weighted by molar-refractivity contribution is 7.09. The van der Waals surface area contributed by atoms with Crippen molar-refractivity contribution in [1.29, 1.82) is 0 Å². The number of aryl methyl sites for hydroxylation is 1. The molecule has 2 amide bonds. The van der Waals surface area contributed by atoms with Crippen LogP contribution in [0.25, 0.3) is 5.69 Å². The van der Waals surface area contributed by atoms with Gasteiger partial charge in [0.25, 0.3) is 5.91 Å². The molecule has 1 saturated heterocycles. The number of carbonyl (C=O) groups is 2. The Bertz CT molecular complexity index is 1030. The van der Waals surface area contributed by atoms with Crippen LogP contribution in [0.2, 0.25) is 0 Å². The quantitative estimate of drug-likeness (QED) is 0.701. The molecule has 150 valence electrons. The van der Waals surface area contributed by atoms with E-state index in [-0.39, 0.29) is 11.8 Å². The van der Waals surface area contributed by atoms with Gasteiger partial charge in [-0.1, -0.05) is 18.2 Å². The molecule has 2 N–H and O–H groups in total. The molecule has 3 heterocycles. The fourth-order valence-electron chi connectivity index (χ4n) is 3.77. The van der Waals surface area contributed by atoms with Crippen molar-refractivity contribution in [3.63, 3.8) is 0 Å². The van der Waals surface area contributed by atoms with Gasteiger partial charge in [0.1, 0.15) is 0 Å².